The Labute approximate surface area is 100 Å². The van der Waals surface area contributed by atoms with E-state index in [1.54, 1.807) is 6.07 Å². The molecule has 1 aromatic carbocycles. The van der Waals surface area contributed by atoms with Crippen molar-refractivity contribution >= 4 is 0 Å². The van der Waals surface area contributed by atoms with Crippen molar-refractivity contribution in [3.63, 3.8) is 0 Å². The summed E-state index contributed by atoms with van der Waals surface area (Å²) >= 11 is 0. The van der Waals surface area contributed by atoms with E-state index in [2.05, 4.69) is 4.90 Å². The van der Waals surface area contributed by atoms with Crippen molar-refractivity contribution in [1.82, 2.24) is 4.90 Å². The first kappa shape index (κ1) is 11.0. The van der Waals surface area contributed by atoms with Gasteiger partial charge in [0.1, 0.15) is 6.61 Å². The summed E-state index contributed by atoms with van der Waals surface area (Å²) in [7, 11) is 0. The van der Waals surface area contributed by atoms with E-state index in [4.69, 9.17) is 9.47 Å². The van der Waals surface area contributed by atoms with Gasteiger partial charge in [0, 0.05) is 19.1 Å². The number of hydrogen-bond acceptors (Lipinski definition) is 3. The molecule has 92 valence electrons. The molecule has 2 heterocycles. The zero-order valence-corrected chi connectivity index (χ0v) is 9.69. The summed E-state index contributed by atoms with van der Waals surface area (Å²) in [5.74, 6) is 0.194. The molecule has 17 heavy (non-hydrogen) atoms. The van der Waals surface area contributed by atoms with Crippen molar-refractivity contribution < 1.29 is 13.9 Å². The van der Waals surface area contributed by atoms with E-state index >= 15 is 0 Å². The molecule has 0 N–H and O–H groups in total. The largest absolute Gasteiger partial charge is 0.489 e. The van der Waals surface area contributed by atoms with Gasteiger partial charge in [-0.3, -0.25) is 4.90 Å². The van der Waals surface area contributed by atoms with Crippen molar-refractivity contribution in [2.24, 2.45) is 0 Å². The first-order chi connectivity index (χ1) is 8.34. The van der Waals surface area contributed by atoms with Crippen molar-refractivity contribution in [3.05, 3.63) is 29.6 Å². The average molecular weight is 237 g/mol. The fourth-order valence-electron chi connectivity index (χ4n) is 2.55. The molecule has 1 unspecified atom stereocenters. The van der Waals surface area contributed by atoms with Gasteiger partial charge in [0.2, 0.25) is 0 Å². The van der Waals surface area contributed by atoms with E-state index in [0.29, 0.717) is 18.4 Å². The summed E-state index contributed by atoms with van der Waals surface area (Å²) in [6.45, 7) is 4.03. The van der Waals surface area contributed by atoms with Crippen LogP contribution in [0, 0.1) is 5.82 Å². The van der Waals surface area contributed by atoms with Crippen LogP contribution in [0.3, 0.4) is 0 Å². The lowest BCUT2D eigenvalue weighted by Gasteiger charge is -2.37. The van der Waals surface area contributed by atoms with Gasteiger partial charge < -0.3 is 9.47 Å². The summed E-state index contributed by atoms with van der Waals surface area (Å²) in [5, 5.41) is 0. The first-order valence-electron chi connectivity index (χ1n) is 6.06. The molecule has 2 aliphatic rings. The number of ether oxygens (including phenoxy) is 2. The molecular weight excluding hydrogens is 221 g/mol. The molecule has 1 aromatic rings. The Hall–Kier alpha value is -1.13. The van der Waals surface area contributed by atoms with Crippen molar-refractivity contribution in [2.45, 2.75) is 12.5 Å². The Morgan fingerprint density at radius 2 is 2.06 bits per heavy atom. The topological polar surface area (TPSA) is 21.7 Å². The lowest BCUT2D eigenvalue weighted by atomic mass is 10.0. The van der Waals surface area contributed by atoms with Crippen LogP contribution in [0.5, 0.6) is 5.75 Å². The molecular formula is C13H16FNO2. The normalized spacial score (nSPS) is 25.1. The highest BCUT2D eigenvalue weighted by molar-refractivity contribution is 5.37. The number of fused-ring (bicyclic) bond motifs is 1. The second-order valence-corrected chi connectivity index (χ2v) is 4.55. The van der Waals surface area contributed by atoms with Crippen LogP contribution in [0.25, 0.3) is 0 Å². The SMILES string of the molecule is Fc1cccc2c1OCC(N1CCOCC1)C2. The molecule has 0 saturated carbocycles. The van der Waals surface area contributed by atoms with Crippen LogP contribution in [0.1, 0.15) is 5.56 Å². The van der Waals surface area contributed by atoms with E-state index in [-0.39, 0.29) is 5.82 Å². The van der Waals surface area contributed by atoms with Gasteiger partial charge in [-0.2, -0.15) is 0 Å². The minimum atomic E-state index is -0.247. The van der Waals surface area contributed by atoms with Gasteiger partial charge in [0.25, 0.3) is 0 Å². The highest BCUT2D eigenvalue weighted by atomic mass is 19.1. The van der Waals surface area contributed by atoms with Crippen LogP contribution < -0.4 is 4.74 Å². The zero-order chi connectivity index (χ0) is 11.7. The van der Waals surface area contributed by atoms with E-state index in [9.17, 15) is 4.39 Å². The Bertz CT molecular complexity index is 404. The molecule has 2 aliphatic heterocycles. The zero-order valence-electron chi connectivity index (χ0n) is 9.69. The molecule has 0 bridgehead atoms. The summed E-state index contributed by atoms with van der Waals surface area (Å²) in [6.07, 6.45) is 0.868. The molecule has 3 nitrogen and oxygen atoms in total. The number of hydrogen-bond donors (Lipinski definition) is 0. The monoisotopic (exact) mass is 237 g/mol. The lowest BCUT2D eigenvalue weighted by Crippen LogP contribution is -2.48. The molecule has 4 heteroatoms. The first-order valence-corrected chi connectivity index (χ1v) is 6.06. The Morgan fingerprint density at radius 1 is 1.24 bits per heavy atom. The second-order valence-electron chi connectivity index (χ2n) is 4.55. The van der Waals surface area contributed by atoms with Crippen LogP contribution in [0.2, 0.25) is 0 Å². The fraction of sp³-hybridized carbons (Fsp3) is 0.538. The highest BCUT2D eigenvalue weighted by Crippen LogP contribution is 2.29. The van der Waals surface area contributed by atoms with E-state index in [1.807, 2.05) is 6.07 Å². The van der Waals surface area contributed by atoms with Crippen molar-refractivity contribution in [3.8, 4) is 5.75 Å². The summed E-state index contributed by atoms with van der Waals surface area (Å²) in [5.41, 5.74) is 0.979. The van der Waals surface area contributed by atoms with Crippen LogP contribution in [0.4, 0.5) is 4.39 Å². The van der Waals surface area contributed by atoms with Gasteiger partial charge >= 0.3 is 0 Å². The molecule has 0 amide bonds. The van der Waals surface area contributed by atoms with Crippen LogP contribution in [-0.2, 0) is 11.2 Å². The van der Waals surface area contributed by atoms with Crippen LogP contribution >= 0.6 is 0 Å². The molecule has 1 saturated heterocycles. The minimum absolute atomic E-state index is 0.247. The lowest BCUT2D eigenvalue weighted by molar-refractivity contribution is 0.00194. The maximum atomic E-state index is 13.5. The van der Waals surface area contributed by atoms with Gasteiger partial charge in [0.15, 0.2) is 11.6 Å². The maximum absolute atomic E-state index is 13.5. The van der Waals surface area contributed by atoms with Crippen molar-refractivity contribution in [1.29, 1.82) is 0 Å². The highest BCUT2D eigenvalue weighted by Gasteiger charge is 2.27. The number of rotatable bonds is 1. The maximum Gasteiger partial charge on any atom is 0.165 e. The molecule has 1 fully saturated rings. The molecule has 0 aliphatic carbocycles. The number of morpholine rings is 1. The number of nitrogens with zero attached hydrogens (tertiary/aromatic N) is 1. The fourth-order valence-corrected chi connectivity index (χ4v) is 2.55. The summed E-state index contributed by atoms with van der Waals surface area (Å²) in [6, 6.07) is 5.51. The van der Waals surface area contributed by atoms with Gasteiger partial charge in [-0.15, -0.1) is 0 Å². The molecule has 1 atom stereocenters. The Kier molecular flexibility index (Phi) is 2.99. The van der Waals surface area contributed by atoms with Crippen molar-refractivity contribution in [2.75, 3.05) is 32.9 Å². The predicted octanol–water partition coefficient (Wildman–Crippen LogP) is 1.46. The number of para-hydroxylation sites is 1. The summed E-state index contributed by atoms with van der Waals surface area (Å²) < 4.78 is 24.4. The van der Waals surface area contributed by atoms with Gasteiger partial charge in [-0.05, 0) is 18.1 Å². The molecule has 0 radical (unpaired) electrons. The van der Waals surface area contributed by atoms with E-state index < -0.39 is 0 Å². The quantitative estimate of drug-likeness (QED) is 0.738. The second kappa shape index (κ2) is 4.63. The third kappa shape index (κ3) is 2.15. The smallest absolute Gasteiger partial charge is 0.165 e. The Balaban J connectivity index is 1.76. The third-order valence-corrected chi connectivity index (χ3v) is 3.49. The van der Waals surface area contributed by atoms with E-state index in [0.717, 1.165) is 38.3 Å². The molecule has 0 spiro atoms. The average Bonchev–Trinajstić information content (AvgIpc) is 2.40. The van der Waals surface area contributed by atoms with Crippen LogP contribution in [-0.4, -0.2) is 43.9 Å². The predicted molar refractivity (Wildman–Crippen MR) is 61.8 cm³/mol. The standard InChI is InChI=1S/C13H16FNO2/c14-12-3-1-2-10-8-11(9-17-13(10)12)15-4-6-16-7-5-15/h1-3,11H,4-9H2. The molecule has 3 rings (SSSR count). The van der Waals surface area contributed by atoms with Gasteiger partial charge in [0.05, 0.1) is 13.2 Å². The van der Waals surface area contributed by atoms with Gasteiger partial charge in [-0.1, -0.05) is 12.1 Å². The van der Waals surface area contributed by atoms with Gasteiger partial charge in [-0.25, -0.2) is 4.39 Å². The van der Waals surface area contributed by atoms with E-state index in [1.165, 1.54) is 6.07 Å². The Morgan fingerprint density at radius 3 is 2.88 bits per heavy atom. The molecule has 0 aromatic heterocycles. The summed E-state index contributed by atoms with van der Waals surface area (Å²) in [4.78, 5) is 2.37. The van der Waals surface area contributed by atoms with Crippen LogP contribution in [0.15, 0.2) is 18.2 Å². The number of benzene rings is 1. The number of halogens is 1. The minimum Gasteiger partial charge on any atom is -0.489 e. The third-order valence-electron chi connectivity index (χ3n) is 3.49.